The zero-order chi connectivity index (χ0) is 14.8. The summed E-state index contributed by atoms with van der Waals surface area (Å²) in [6.45, 7) is 10.3. The zero-order valence-electron chi connectivity index (χ0n) is 13.6. The van der Waals surface area contributed by atoms with Gasteiger partial charge in [0, 0.05) is 18.3 Å². The molecule has 0 radical (unpaired) electrons. The quantitative estimate of drug-likeness (QED) is 0.897. The molecule has 1 aliphatic carbocycles. The lowest BCUT2D eigenvalue weighted by Gasteiger charge is -2.44. The third-order valence-corrected chi connectivity index (χ3v) is 5.80. The van der Waals surface area contributed by atoms with Crippen LogP contribution in [0.5, 0.6) is 0 Å². The predicted octanol–water partition coefficient (Wildman–Crippen LogP) is 3.77. The molecule has 3 nitrogen and oxygen atoms in total. The first-order chi connectivity index (χ1) is 9.44. The van der Waals surface area contributed by atoms with Gasteiger partial charge in [0.05, 0.1) is 10.7 Å². The van der Waals surface area contributed by atoms with Crippen LogP contribution in [0.1, 0.15) is 52.1 Å². The Morgan fingerprint density at radius 2 is 2.25 bits per heavy atom. The van der Waals surface area contributed by atoms with Crippen LogP contribution in [0.4, 0.5) is 0 Å². The molecule has 1 N–H and O–H groups in total. The van der Waals surface area contributed by atoms with E-state index in [9.17, 15) is 0 Å². The van der Waals surface area contributed by atoms with Gasteiger partial charge in [-0.3, -0.25) is 4.68 Å². The van der Waals surface area contributed by atoms with E-state index in [2.05, 4.69) is 51.2 Å². The molecule has 1 heterocycles. The average molecular weight is 295 g/mol. The van der Waals surface area contributed by atoms with Crippen molar-refractivity contribution < 1.29 is 0 Å². The lowest BCUT2D eigenvalue weighted by Crippen LogP contribution is -2.51. The molecule has 20 heavy (non-hydrogen) atoms. The van der Waals surface area contributed by atoms with E-state index in [0.717, 1.165) is 12.2 Å². The smallest absolute Gasteiger partial charge is 0.0942 e. The van der Waals surface area contributed by atoms with Crippen molar-refractivity contribution in [2.45, 2.75) is 69.7 Å². The second kappa shape index (κ2) is 6.52. The topological polar surface area (TPSA) is 29.9 Å². The lowest BCUT2D eigenvalue weighted by molar-refractivity contribution is 0.175. The molecule has 114 valence electrons. The summed E-state index contributed by atoms with van der Waals surface area (Å²) >= 11 is 2.01. The van der Waals surface area contributed by atoms with Crippen LogP contribution in [0.3, 0.4) is 0 Å². The highest BCUT2D eigenvalue weighted by Gasteiger charge is 2.39. The molecule has 4 heteroatoms. The van der Waals surface area contributed by atoms with Crippen LogP contribution in [0, 0.1) is 12.3 Å². The van der Waals surface area contributed by atoms with Gasteiger partial charge in [0.2, 0.25) is 0 Å². The Morgan fingerprint density at radius 1 is 1.50 bits per heavy atom. The van der Waals surface area contributed by atoms with E-state index in [-0.39, 0.29) is 0 Å². The first-order valence-electron chi connectivity index (χ1n) is 7.84. The first-order valence-corrected chi connectivity index (χ1v) is 8.72. The van der Waals surface area contributed by atoms with Gasteiger partial charge in [-0.2, -0.15) is 5.10 Å². The van der Waals surface area contributed by atoms with Gasteiger partial charge in [-0.1, -0.05) is 27.2 Å². The molecule has 0 spiro atoms. The minimum absolute atomic E-state index is 0.388. The van der Waals surface area contributed by atoms with E-state index in [4.69, 9.17) is 0 Å². The molecular weight excluding hydrogens is 266 g/mol. The summed E-state index contributed by atoms with van der Waals surface area (Å²) in [6, 6.07) is 2.81. The van der Waals surface area contributed by atoms with Gasteiger partial charge >= 0.3 is 0 Å². The first kappa shape index (κ1) is 15.9. The van der Waals surface area contributed by atoms with Gasteiger partial charge in [0.25, 0.3) is 0 Å². The number of aromatic nitrogens is 2. The van der Waals surface area contributed by atoms with Crippen molar-refractivity contribution in [1.29, 1.82) is 0 Å². The molecule has 1 aromatic rings. The van der Waals surface area contributed by atoms with Gasteiger partial charge in [0.15, 0.2) is 0 Å². The average Bonchev–Trinajstić information content (AvgIpc) is 2.66. The monoisotopic (exact) mass is 295 g/mol. The third-order valence-electron chi connectivity index (χ3n) is 4.37. The summed E-state index contributed by atoms with van der Waals surface area (Å²) in [4.78, 5) is 0. The van der Waals surface area contributed by atoms with Gasteiger partial charge in [0.1, 0.15) is 0 Å². The molecule has 0 bridgehead atoms. The summed E-state index contributed by atoms with van der Waals surface area (Å²) in [5, 5.41) is 10.2. The van der Waals surface area contributed by atoms with Crippen LogP contribution in [0.15, 0.2) is 11.1 Å². The fourth-order valence-corrected chi connectivity index (χ4v) is 4.90. The Bertz CT molecular complexity index is 439. The molecule has 0 amide bonds. The highest BCUT2D eigenvalue weighted by molar-refractivity contribution is 7.99. The number of aryl methyl sites for hydroxylation is 2. The molecule has 0 saturated heterocycles. The van der Waals surface area contributed by atoms with E-state index >= 15 is 0 Å². The largest absolute Gasteiger partial charge is 0.312 e. The van der Waals surface area contributed by atoms with Crippen LogP contribution in [-0.4, -0.2) is 27.6 Å². The van der Waals surface area contributed by atoms with Crippen LogP contribution < -0.4 is 5.32 Å². The van der Waals surface area contributed by atoms with Crippen LogP contribution >= 0.6 is 11.8 Å². The number of nitrogens with zero attached hydrogens (tertiary/aromatic N) is 2. The van der Waals surface area contributed by atoms with E-state index < -0.39 is 0 Å². The summed E-state index contributed by atoms with van der Waals surface area (Å²) in [6.07, 6.45) is 5.18. The zero-order valence-corrected chi connectivity index (χ0v) is 14.4. The molecule has 2 atom stereocenters. The molecule has 0 aromatic carbocycles. The van der Waals surface area contributed by atoms with Gasteiger partial charge in [-0.05, 0) is 44.2 Å². The number of rotatable bonds is 5. The van der Waals surface area contributed by atoms with Crippen molar-refractivity contribution in [3.8, 4) is 0 Å². The van der Waals surface area contributed by atoms with Crippen LogP contribution in [0.2, 0.25) is 0 Å². The highest BCUT2D eigenvalue weighted by atomic mass is 32.2. The molecule has 0 aliphatic heterocycles. The Morgan fingerprint density at radius 3 is 2.85 bits per heavy atom. The van der Waals surface area contributed by atoms with Crippen molar-refractivity contribution in [3.63, 3.8) is 0 Å². The van der Waals surface area contributed by atoms with Gasteiger partial charge < -0.3 is 5.32 Å². The van der Waals surface area contributed by atoms with Crippen molar-refractivity contribution in [2.75, 3.05) is 6.54 Å². The Hall–Kier alpha value is -0.480. The Balaban J connectivity index is 2.12. The fourth-order valence-electron chi connectivity index (χ4n) is 3.27. The normalized spacial score (nSPS) is 25.9. The summed E-state index contributed by atoms with van der Waals surface area (Å²) < 4.78 is 2.03. The summed E-state index contributed by atoms with van der Waals surface area (Å²) in [5.41, 5.74) is 1.50. The molecule has 1 saturated carbocycles. The molecule has 2 unspecified atom stereocenters. The highest BCUT2D eigenvalue weighted by Crippen LogP contribution is 2.42. The second-order valence-electron chi connectivity index (χ2n) is 6.72. The predicted molar refractivity (Wildman–Crippen MR) is 87.3 cm³/mol. The second-order valence-corrected chi connectivity index (χ2v) is 7.98. The Labute approximate surface area is 127 Å². The van der Waals surface area contributed by atoms with Crippen molar-refractivity contribution >= 4 is 11.8 Å². The number of hydrogen-bond acceptors (Lipinski definition) is 3. The molecular formula is C16H29N3S. The number of nitrogens with one attached hydrogen (secondary N) is 1. The maximum atomic E-state index is 4.48. The van der Waals surface area contributed by atoms with Crippen molar-refractivity contribution in [1.82, 2.24) is 15.1 Å². The molecule has 1 aliphatic rings. The lowest BCUT2D eigenvalue weighted by atomic mass is 9.73. The third kappa shape index (κ3) is 3.59. The Kier molecular flexibility index (Phi) is 5.19. The SMILES string of the molecule is CCCNC1C(Sc2cc(C)nn2C)CCCC1(C)C. The maximum Gasteiger partial charge on any atom is 0.0942 e. The van der Waals surface area contributed by atoms with E-state index in [1.54, 1.807) is 0 Å². The number of hydrogen-bond donors (Lipinski definition) is 1. The van der Waals surface area contributed by atoms with Crippen molar-refractivity contribution in [2.24, 2.45) is 12.5 Å². The molecule has 1 aromatic heterocycles. The minimum Gasteiger partial charge on any atom is -0.312 e. The molecule has 2 rings (SSSR count). The van der Waals surface area contributed by atoms with Crippen LogP contribution in [-0.2, 0) is 7.05 Å². The van der Waals surface area contributed by atoms with Gasteiger partial charge in [-0.15, -0.1) is 11.8 Å². The van der Waals surface area contributed by atoms with E-state index in [1.807, 2.05) is 16.4 Å². The number of thioether (sulfide) groups is 1. The minimum atomic E-state index is 0.388. The van der Waals surface area contributed by atoms with Gasteiger partial charge in [-0.25, -0.2) is 0 Å². The van der Waals surface area contributed by atoms with Crippen molar-refractivity contribution in [3.05, 3.63) is 11.8 Å². The van der Waals surface area contributed by atoms with E-state index in [1.165, 1.54) is 30.7 Å². The van der Waals surface area contributed by atoms with E-state index in [0.29, 0.717) is 16.7 Å². The standard InChI is InChI=1S/C16H29N3S/c1-6-10-17-15-13(8-7-9-16(15,3)4)20-14-11-12(2)18-19(14)5/h11,13,15,17H,6-10H2,1-5H3. The fraction of sp³-hybridized carbons (Fsp3) is 0.812. The maximum absolute atomic E-state index is 4.48. The summed E-state index contributed by atoms with van der Waals surface area (Å²) in [7, 11) is 2.05. The summed E-state index contributed by atoms with van der Waals surface area (Å²) in [5.74, 6) is 0. The molecule has 1 fully saturated rings. The van der Waals surface area contributed by atoms with Crippen LogP contribution in [0.25, 0.3) is 0 Å².